The molecule has 234 valence electrons. The minimum atomic E-state index is -4.43. The Morgan fingerprint density at radius 3 is 2.00 bits per heavy atom. The highest BCUT2D eigenvalue weighted by atomic mass is 32.2. The second kappa shape index (κ2) is 14.0. The number of benzene rings is 4. The number of hydrogen-bond donors (Lipinski definition) is 1. The molecule has 4 rings (SSSR count). The van der Waals surface area contributed by atoms with Gasteiger partial charge in [0.05, 0.1) is 22.7 Å². The Balaban J connectivity index is 1.55. The Labute approximate surface area is 257 Å². The van der Waals surface area contributed by atoms with E-state index < -0.39 is 27.2 Å². The van der Waals surface area contributed by atoms with Crippen molar-refractivity contribution in [3.63, 3.8) is 0 Å². The monoisotopic (exact) mass is 625 g/mol. The molecule has 0 unspecified atom stereocenters. The van der Waals surface area contributed by atoms with Crippen molar-refractivity contribution in [2.75, 3.05) is 26.0 Å². The lowest BCUT2D eigenvalue weighted by Gasteiger charge is -2.29. The van der Waals surface area contributed by atoms with Crippen LogP contribution in [0.3, 0.4) is 0 Å². The maximum absolute atomic E-state index is 13.5. The summed E-state index contributed by atoms with van der Waals surface area (Å²) >= 11 is 0. The number of rotatable bonds is 13. The quantitative estimate of drug-likeness (QED) is 0.157. The molecule has 44 heavy (non-hydrogen) atoms. The molecular weight excluding hydrogens is 587 g/mol. The van der Waals surface area contributed by atoms with Gasteiger partial charge in [-0.05, 0) is 55.2 Å². The van der Waals surface area contributed by atoms with Gasteiger partial charge < -0.3 is 9.84 Å². The first-order chi connectivity index (χ1) is 20.7. The molecule has 0 radical (unpaired) electrons. The molecule has 0 aliphatic heterocycles. The number of alkyl halides is 3. The number of halogens is 3. The molecule has 0 aliphatic rings. The fourth-order valence-corrected chi connectivity index (χ4v) is 6.30. The first-order valence-corrected chi connectivity index (χ1v) is 16.3. The van der Waals surface area contributed by atoms with Crippen LogP contribution in [0, 0.1) is 0 Å². The summed E-state index contributed by atoms with van der Waals surface area (Å²) in [5, 5.41) is 10.4. The summed E-state index contributed by atoms with van der Waals surface area (Å²) in [5.41, 5.74) is 1.01. The van der Waals surface area contributed by atoms with Crippen LogP contribution in [0.5, 0.6) is 5.75 Å². The van der Waals surface area contributed by atoms with E-state index in [9.17, 15) is 26.7 Å². The Hall–Kier alpha value is -3.66. The Morgan fingerprint density at radius 1 is 0.841 bits per heavy atom. The van der Waals surface area contributed by atoms with Crippen molar-refractivity contribution in [2.45, 2.75) is 49.4 Å². The van der Waals surface area contributed by atoms with Crippen LogP contribution in [-0.4, -0.2) is 44.4 Å². The first-order valence-electron chi connectivity index (χ1n) is 14.4. The number of hydrogen-bond acceptors (Lipinski definition) is 5. The molecule has 0 heterocycles. The van der Waals surface area contributed by atoms with Gasteiger partial charge in [0.1, 0.15) is 5.75 Å². The summed E-state index contributed by atoms with van der Waals surface area (Å²) < 4.78 is 71.2. The normalized spacial score (nSPS) is 12.6. The summed E-state index contributed by atoms with van der Waals surface area (Å²) in [5.74, 6) is 0.338. The Bertz CT molecular complexity index is 1580. The molecule has 0 atom stereocenters. The average molecular weight is 626 g/mol. The summed E-state index contributed by atoms with van der Waals surface area (Å²) in [6.45, 7) is 4.68. The fourth-order valence-electron chi connectivity index (χ4n) is 5.25. The smallest absolute Gasteiger partial charge is 0.416 e. The van der Waals surface area contributed by atoms with Crippen LogP contribution < -0.4 is 4.74 Å². The maximum Gasteiger partial charge on any atom is 0.416 e. The third kappa shape index (κ3) is 9.17. The molecular formula is C35H38F3NO4S. The van der Waals surface area contributed by atoms with E-state index >= 15 is 0 Å². The molecule has 5 nitrogen and oxygen atoms in total. The lowest BCUT2D eigenvalue weighted by molar-refractivity contribution is -0.137. The van der Waals surface area contributed by atoms with Gasteiger partial charge in [-0.1, -0.05) is 84.9 Å². The van der Waals surface area contributed by atoms with Gasteiger partial charge in [-0.25, -0.2) is 8.42 Å². The van der Waals surface area contributed by atoms with Crippen LogP contribution in [-0.2, 0) is 28.2 Å². The van der Waals surface area contributed by atoms with Crippen molar-refractivity contribution < 1.29 is 31.4 Å². The molecule has 4 aromatic rings. The molecule has 0 fully saturated rings. The zero-order chi connectivity index (χ0) is 32.0. The van der Waals surface area contributed by atoms with Gasteiger partial charge in [0.25, 0.3) is 0 Å². The van der Waals surface area contributed by atoms with Gasteiger partial charge in [-0.3, -0.25) is 4.90 Å². The predicted molar refractivity (Wildman–Crippen MR) is 166 cm³/mol. The van der Waals surface area contributed by atoms with Crippen molar-refractivity contribution in [3.8, 4) is 5.75 Å². The van der Waals surface area contributed by atoms with E-state index in [-0.39, 0.29) is 23.0 Å². The van der Waals surface area contributed by atoms with Crippen LogP contribution >= 0.6 is 0 Å². The van der Waals surface area contributed by atoms with E-state index in [1.807, 2.05) is 36.4 Å². The Morgan fingerprint density at radius 2 is 1.45 bits per heavy atom. The van der Waals surface area contributed by atoms with Gasteiger partial charge in [0.15, 0.2) is 9.84 Å². The van der Waals surface area contributed by atoms with Gasteiger partial charge in [-0.2, -0.15) is 13.2 Å². The van der Waals surface area contributed by atoms with Crippen molar-refractivity contribution in [1.29, 1.82) is 0 Å². The molecule has 4 aromatic carbocycles. The van der Waals surface area contributed by atoms with Crippen molar-refractivity contribution in [2.24, 2.45) is 0 Å². The second-order valence-corrected chi connectivity index (χ2v) is 13.5. The zero-order valence-electron chi connectivity index (χ0n) is 25.1. The van der Waals surface area contributed by atoms with E-state index in [0.29, 0.717) is 37.4 Å². The highest BCUT2D eigenvalue weighted by molar-refractivity contribution is 7.90. The minimum Gasteiger partial charge on any atom is -0.494 e. The van der Waals surface area contributed by atoms with E-state index in [4.69, 9.17) is 4.74 Å². The third-order valence-electron chi connectivity index (χ3n) is 7.40. The lowest BCUT2D eigenvalue weighted by atomic mass is 9.90. The summed E-state index contributed by atoms with van der Waals surface area (Å²) in [4.78, 5) is 2.13. The van der Waals surface area contributed by atoms with Crippen LogP contribution in [0.1, 0.15) is 54.0 Å². The predicted octanol–water partition coefficient (Wildman–Crippen LogP) is 7.44. The number of sulfone groups is 1. The fraction of sp³-hybridized carbons (Fsp3) is 0.314. The highest BCUT2D eigenvalue weighted by Gasteiger charge is 2.30. The van der Waals surface area contributed by atoms with Crippen molar-refractivity contribution in [1.82, 2.24) is 4.90 Å². The molecule has 0 aliphatic carbocycles. The van der Waals surface area contributed by atoms with Gasteiger partial charge in [0, 0.05) is 37.4 Å². The van der Waals surface area contributed by atoms with E-state index in [2.05, 4.69) is 29.2 Å². The number of nitrogens with zero attached hydrogens (tertiary/aromatic N) is 1. The van der Waals surface area contributed by atoms with Crippen LogP contribution in [0.4, 0.5) is 13.2 Å². The maximum atomic E-state index is 13.5. The highest BCUT2D eigenvalue weighted by Crippen LogP contribution is 2.32. The van der Waals surface area contributed by atoms with Crippen molar-refractivity contribution in [3.05, 3.63) is 131 Å². The van der Waals surface area contributed by atoms with E-state index in [0.717, 1.165) is 23.4 Å². The van der Waals surface area contributed by atoms with Gasteiger partial charge in [0.2, 0.25) is 0 Å². The molecule has 0 bridgehead atoms. The first kappa shape index (κ1) is 33.2. The van der Waals surface area contributed by atoms with Crippen molar-refractivity contribution >= 4 is 9.84 Å². The standard InChI is InChI=1S/C35H38F3NO4S/c1-34(2,40)32-19-18-30(23-33(32)44(3,41)42)43-21-11-20-39(24-26-12-10-17-29(22-26)35(36,37)38)25-31(27-13-6-4-7-14-27)28-15-8-5-9-16-28/h4-10,12-19,22-23,31,40H,11,20-21,24-25H2,1-3H3. The Kier molecular flexibility index (Phi) is 10.6. The number of aliphatic hydroxyl groups is 1. The molecule has 0 saturated heterocycles. The minimum absolute atomic E-state index is 0.00207. The molecule has 0 saturated carbocycles. The number of ether oxygens (including phenoxy) is 1. The SMILES string of the molecule is CC(C)(O)c1ccc(OCCCN(Cc2cccc(C(F)(F)F)c2)CC(c2ccccc2)c2ccccc2)cc1S(C)(=O)=O. The largest absolute Gasteiger partial charge is 0.494 e. The lowest BCUT2D eigenvalue weighted by Crippen LogP contribution is -2.31. The molecule has 0 aromatic heterocycles. The summed E-state index contributed by atoms with van der Waals surface area (Å²) in [6.07, 6.45) is -2.81. The van der Waals surface area contributed by atoms with Gasteiger partial charge >= 0.3 is 6.18 Å². The van der Waals surface area contributed by atoms with Crippen LogP contribution in [0.2, 0.25) is 0 Å². The van der Waals surface area contributed by atoms with Crippen LogP contribution in [0.25, 0.3) is 0 Å². The van der Waals surface area contributed by atoms with Gasteiger partial charge in [-0.15, -0.1) is 0 Å². The average Bonchev–Trinajstić information content (AvgIpc) is 2.97. The summed E-state index contributed by atoms with van der Waals surface area (Å²) in [6, 6.07) is 30.0. The molecule has 9 heteroatoms. The molecule has 0 spiro atoms. The second-order valence-electron chi connectivity index (χ2n) is 11.5. The van der Waals surface area contributed by atoms with E-state index in [1.54, 1.807) is 18.2 Å². The topological polar surface area (TPSA) is 66.8 Å². The third-order valence-corrected chi connectivity index (χ3v) is 8.54. The zero-order valence-corrected chi connectivity index (χ0v) is 25.9. The molecule has 1 N–H and O–H groups in total. The van der Waals surface area contributed by atoms with E-state index in [1.165, 1.54) is 32.0 Å². The summed E-state index contributed by atoms with van der Waals surface area (Å²) in [7, 11) is -3.63. The van der Waals surface area contributed by atoms with Crippen LogP contribution in [0.15, 0.2) is 108 Å². The molecule has 0 amide bonds.